The highest BCUT2D eigenvalue weighted by molar-refractivity contribution is 6.14. The van der Waals surface area contributed by atoms with E-state index >= 15 is 0 Å². The predicted octanol–water partition coefficient (Wildman–Crippen LogP) is -0.0243. The Morgan fingerprint density at radius 3 is 2.62 bits per heavy atom. The number of carbonyl (C=O) groups is 3. The molecule has 1 radical (unpaired) electrons. The molecule has 2 unspecified atom stereocenters. The molecule has 1 aliphatic heterocycles. The molecule has 0 aliphatic carbocycles. The molecule has 2 N–H and O–H groups in total. The molecule has 6 nitrogen and oxygen atoms in total. The Kier molecular flexibility index (Phi) is 4.42. The summed E-state index contributed by atoms with van der Waals surface area (Å²) in [6.07, 6.45) is 3.15. The van der Waals surface area contributed by atoms with E-state index in [1.54, 1.807) is 0 Å². The first kappa shape index (κ1) is 12.6. The lowest BCUT2D eigenvalue weighted by Crippen LogP contribution is -2.35. The monoisotopic (exact) mass is 227 g/mol. The highest BCUT2D eigenvalue weighted by Crippen LogP contribution is 2.26. The van der Waals surface area contributed by atoms with E-state index in [2.05, 4.69) is 5.32 Å². The normalized spacial score (nSPS) is 24.4. The van der Waals surface area contributed by atoms with Crippen LogP contribution in [0, 0.1) is 11.8 Å². The number of unbranched alkanes of at least 4 members (excludes halogenated alkanes) is 2. The molecule has 0 aromatic carbocycles. The van der Waals surface area contributed by atoms with Crippen molar-refractivity contribution < 1.29 is 19.6 Å². The van der Waals surface area contributed by atoms with Gasteiger partial charge in [0.2, 0.25) is 0 Å². The smallest absolute Gasteiger partial charge is 0.262 e. The number of hydrogen-bond acceptors (Lipinski definition) is 4. The minimum Gasteiger partial charge on any atom is -0.289 e. The average molecular weight is 227 g/mol. The van der Waals surface area contributed by atoms with Gasteiger partial charge in [-0.1, -0.05) is 26.2 Å². The molecule has 16 heavy (non-hydrogen) atoms. The van der Waals surface area contributed by atoms with E-state index in [1.807, 2.05) is 6.92 Å². The van der Waals surface area contributed by atoms with Crippen molar-refractivity contribution in [3.05, 3.63) is 0 Å². The molecule has 1 fully saturated rings. The van der Waals surface area contributed by atoms with Gasteiger partial charge >= 0.3 is 0 Å². The van der Waals surface area contributed by atoms with E-state index in [1.165, 1.54) is 5.48 Å². The van der Waals surface area contributed by atoms with Gasteiger partial charge < -0.3 is 0 Å². The fourth-order valence-electron chi connectivity index (χ4n) is 1.84. The molecular weight excluding hydrogens is 212 g/mol. The summed E-state index contributed by atoms with van der Waals surface area (Å²) >= 11 is 0. The lowest BCUT2D eigenvalue weighted by Gasteiger charge is -2.12. The van der Waals surface area contributed by atoms with Crippen LogP contribution in [0.2, 0.25) is 0 Å². The van der Waals surface area contributed by atoms with Gasteiger partial charge in [-0.15, -0.1) is 0 Å². The molecule has 1 saturated heterocycles. The molecule has 0 bridgehead atoms. The van der Waals surface area contributed by atoms with Gasteiger partial charge in [-0.3, -0.25) is 19.6 Å². The van der Waals surface area contributed by atoms with Gasteiger partial charge in [0.1, 0.15) is 5.92 Å². The Morgan fingerprint density at radius 1 is 1.38 bits per heavy atom. The summed E-state index contributed by atoms with van der Waals surface area (Å²) in [6, 6.07) is 0. The van der Waals surface area contributed by atoms with E-state index in [4.69, 9.17) is 5.21 Å². The van der Waals surface area contributed by atoms with Crippen molar-refractivity contribution in [2.45, 2.75) is 32.6 Å². The van der Waals surface area contributed by atoms with Crippen molar-refractivity contribution in [2.24, 2.45) is 11.8 Å². The number of carbonyl (C=O) groups excluding carboxylic acids is 3. The minimum absolute atomic E-state index is 0.458. The topological polar surface area (TPSA) is 97.6 Å². The van der Waals surface area contributed by atoms with E-state index in [0.29, 0.717) is 6.42 Å². The number of hydroxylamine groups is 1. The number of imide groups is 1. The van der Waals surface area contributed by atoms with Crippen molar-refractivity contribution >= 4 is 17.7 Å². The Labute approximate surface area is 93.4 Å². The van der Waals surface area contributed by atoms with Crippen LogP contribution in [0.15, 0.2) is 0 Å². The molecule has 0 saturated carbocycles. The molecule has 1 rings (SSSR count). The van der Waals surface area contributed by atoms with E-state index in [0.717, 1.165) is 19.3 Å². The van der Waals surface area contributed by atoms with Gasteiger partial charge in [-0.25, -0.2) is 5.48 Å². The molecule has 0 aromatic rings. The lowest BCUT2D eigenvalue weighted by molar-refractivity contribution is -0.140. The zero-order valence-electron chi connectivity index (χ0n) is 9.10. The Morgan fingerprint density at radius 2 is 2.06 bits per heavy atom. The number of rotatable bonds is 5. The maximum Gasteiger partial charge on any atom is 0.262 e. The number of amides is 3. The molecule has 1 heterocycles. The van der Waals surface area contributed by atoms with Crippen LogP contribution in [0.1, 0.15) is 32.6 Å². The largest absolute Gasteiger partial charge is 0.289 e. The van der Waals surface area contributed by atoms with Crippen LogP contribution in [0.3, 0.4) is 0 Å². The third kappa shape index (κ3) is 2.57. The summed E-state index contributed by atoms with van der Waals surface area (Å²) in [6.45, 7) is 2.02. The first-order valence-corrected chi connectivity index (χ1v) is 5.35. The third-order valence-corrected chi connectivity index (χ3v) is 2.72. The zero-order chi connectivity index (χ0) is 12.1. The molecule has 0 spiro atoms. The minimum atomic E-state index is -1.14. The molecule has 6 heteroatoms. The van der Waals surface area contributed by atoms with E-state index in [-0.39, 0.29) is 0 Å². The number of nitrogens with zero attached hydrogens (tertiary/aromatic N) is 1. The van der Waals surface area contributed by atoms with Crippen molar-refractivity contribution in [3.63, 3.8) is 0 Å². The van der Waals surface area contributed by atoms with Crippen LogP contribution in [0.25, 0.3) is 0 Å². The van der Waals surface area contributed by atoms with E-state index in [9.17, 15) is 14.4 Å². The first-order chi connectivity index (χ1) is 7.61. The molecule has 1 aliphatic rings. The second kappa shape index (κ2) is 5.60. The maximum absolute atomic E-state index is 11.4. The van der Waals surface area contributed by atoms with Crippen molar-refractivity contribution in [3.8, 4) is 0 Å². The second-order valence-electron chi connectivity index (χ2n) is 3.84. The fourth-order valence-corrected chi connectivity index (χ4v) is 1.84. The van der Waals surface area contributed by atoms with Gasteiger partial charge in [0.25, 0.3) is 17.7 Å². The molecule has 2 atom stereocenters. The average Bonchev–Trinajstić information content (AvgIpc) is 2.53. The van der Waals surface area contributed by atoms with Gasteiger partial charge in [0, 0.05) is 0 Å². The fraction of sp³-hybridized carbons (Fsp3) is 0.700. The standard InChI is InChI=1S/C10H15N2O4/c1-2-3-4-5-6-7(10(15)12-16)9(14)11-8(6)13/h6-7,16H,2-5H2,1H3,(H,12,15). The second-order valence-corrected chi connectivity index (χ2v) is 3.84. The van der Waals surface area contributed by atoms with E-state index < -0.39 is 29.6 Å². The summed E-state index contributed by atoms with van der Waals surface area (Å²) in [5, 5.41) is 11.7. The molecular formula is C10H15N2O4. The molecule has 3 amide bonds. The first-order valence-electron chi connectivity index (χ1n) is 5.35. The van der Waals surface area contributed by atoms with Crippen LogP contribution in [-0.4, -0.2) is 22.9 Å². The van der Waals surface area contributed by atoms with Gasteiger partial charge in [0.05, 0.1) is 5.92 Å². The quantitative estimate of drug-likeness (QED) is 0.227. The molecule has 0 aromatic heterocycles. The highest BCUT2D eigenvalue weighted by atomic mass is 16.5. The van der Waals surface area contributed by atoms with Crippen LogP contribution in [0.4, 0.5) is 0 Å². The van der Waals surface area contributed by atoms with Crippen LogP contribution >= 0.6 is 0 Å². The SMILES string of the molecule is CCCCCC1C(=O)[N]C(=O)C1C(=O)NO. The zero-order valence-corrected chi connectivity index (χ0v) is 9.10. The summed E-state index contributed by atoms with van der Waals surface area (Å²) < 4.78 is 0. The number of hydrogen-bond donors (Lipinski definition) is 2. The van der Waals surface area contributed by atoms with Crippen LogP contribution in [-0.2, 0) is 14.4 Å². The van der Waals surface area contributed by atoms with Crippen molar-refractivity contribution in [1.82, 2.24) is 10.8 Å². The van der Waals surface area contributed by atoms with Crippen LogP contribution < -0.4 is 10.8 Å². The van der Waals surface area contributed by atoms with Crippen molar-refractivity contribution in [2.75, 3.05) is 0 Å². The Hall–Kier alpha value is -1.43. The van der Waals surface area contributed by atoms with Crippen molar-refractivity contribution in [1.29, 1.82) is 0 Å². The number of nitrogens with one attached hydrogen (secondary N) is 1. The molecule has 89 valence electrons. The Bertz CT molecular complexity index is 303. The summed E-state index contributed by atoms with van der Waals surface area (Å²) in [4.78, 5) is 33.8. The summed E-state index contributed by atoms with van der Waals surface area (Å²) in [7, 11) is 0. The van der Waals surface area contributed by atoms with Gasteiger partial charge in [-0.2, -0.15) is 5.32 Å². The predicted molar refractivity (Wildman–Crippen MR) is 53.2 cm³/mol. The van der Waals surface area contributed by atoms with Gasteiger partial charge in [0.15, 0.2) is 0 Å². The summed E-state index contributed by atoms with van der Waals surface area (Å²) in [5.41, 5.74) is 1.41. The highest BCUT2D eigenvalue weighted by Gasteiger charge is 2.47. The Balaban J connectivity index is 2.66. The van der Waals surface area contributed by atoms with Crippen LogP contribution in [0.5, 0.6) is 0 Å². The maximum atomic E-state index is 11.4. The third-order valence-electron chi connectivity index (χ3n) is 2.72. The lowest BCUT2D eigenvalue weighted by atomic mass is 9.89. The summed E-state index contributed by atoms with van der Waals surface area (Å²) in [5.74, 6) is -3.99. The van der Waals surface area contributed by atoms with Gasteiger partial charge in [-0.05, 0) is 6.42 Å².